The van der Waals surface area contributed by atoms with Gasteiger partial charge in [-0.1, -0.05) is 47.6 Å². The van der Waals surface area contributed by atoms with Crippen LogP contribution in [0, 0.1) is 4.91 Å². The standard InChI is InChI=1S/C25H36N3O4S/c1-24(2,3)18-14-19(25(4,5)6)16-21(15-18)32-22-9-8-20(27(7)29)17-23(22)33(30,31)28-12-10-26-11-13-28/h8-9,14-17,26H,10-13H2,1-7H3/q+1. The largest absolute Gasteiger partial charge is 0.456 e. The van der Waals surface area contributed by atoms with Gasteiger partial charge < -0.3 is 10.1 Å². The fourth-order valence-electron chi connectivity index (χ4n) is 3.65. The highest BCUT2D eigenvalue weighted by atomic mass is 32.2. The van der Waals surface area contributed by atoms with Crippen LogP contribution in [0.3, 0.4) is 0 Å². The maximum atomic E-state index is 13.5. The summed E-state index contributed by atoms with van der Waals surface area (Å²) >= 11 is 0. The van der Waals surface area contributed by atoms with Gasteiger partial charge in [-0.3, -0.25) is 0 Å². The van der Waals surface area contributed by atoms with Gasteiger partial charge >= 0.3 is 0 Å². The Balaban J connectivity index is 2.13. The molecule has 0 unspecified atom stereocenters. The van der Waals surface area contributed by atoms with Crippen molar-refractivity contribution in [2.45, 2.75) is 57.3 Å². The number of sulfonamides is 1. The Morgan fingerprint density at radius 3 is 1.94 bits per heavy atom. The highest BCUT2D eigenvalue weighted by Crippen LogP contribution is 2.38. The molecule has 2 aromatic rings. The third kappa shape index (κ3) is 5.80. The molecular formula is C25H36N3O4S+. The van der Waals surface area contributed by atoms with Crippen LogP contribution < -0.4 is 10.1 Å². The molecular weight excluding hydrogens is 438 g/mol. The Hall–Kier alpha value is -2.29. The molecule has 0 bridgehead atoms. The van der Waals surface area contributed by atoms with Crippen molar-refractivity contribution < 1.29 is 17.9 Å². The van der Waals surface area contributed by atoms with E-state index in [1.165, 1.54) is 17.4 Å². The molecule has 0 amide bonds. The van der Waals surface area contributed by atoms with E-state index in [9.17, 15) is 13.3 Å². The minimum absolute atomic E-state index is 0.00284. The first-order valence-corrected chi connectivity index (χ1v) is 12.7. The smallest absolute Gasteiger partial charge is 0.257 e. The summed E-state index contributed by atoms with van der Waals surface area (Å²) in [5.41, 5.74) is 2.25. The van der Waals surface area contributed by atoms with E-state index in [2.05, 4.69) is 52.9 Å². The van der Waals surface area contributed by atoms with Crippen LogP contribution in [-0.4, -0.2) is 50.7 Å². The SMILES string of the molecule is C[N+](=O)c1ccc(Oc2cc(C(C)(C)C)cc(C(C)(C)C)c2)c(S(=O)(=O)N2CCNCC2)c1. The fraction of sp³-hybridized carbons (Fsp3) is 0.520. The van der Waals surface area contributed by atoms with Crippen molar-refractivity contribution in [1.82, 2.24) is 9.62 Å². The molecule has 1 fully saturated rings. The lowest BCUT2D eigenvalue weighted by Gasteiger charge is -2.28. The molecule has 0 aromatic heterocycles. The zero-order valence-electron chi connectivity index (χ0n) is 20.7. The van der Waals surface area contributed by atoms with Crippen LogP contribution >= 0.6 is 0 Å². The normalized spacial score (nSPS) is 16.0. The van der Waals surface area contributed by atoms with Gasteiger partial charge in [0, 0.05) is 48.0 Å². The van der Waals surface area contributed by atoms with E-state index in [4.69, 9.17) is 4.74 Å². The van der Waals surface area contributed by atoms with Crippen LogP contribution in [0.15, 0.2) is 41.3 Å². The third-order valence-corrected chi connectivity index (χ3v) is 7.77. The number of hydrogen-bond donors (Lipinski definition) is 1. The van der Waals surface area contributed by atoms with Gasteiger partial charge in [0.05, 0.1) is 0 Å². The third-order valence-electron chi connectivity index (χ3n) is 5.85. The summed E-state index contributed by atoms with van der Waals surface area (Å²) in [6, 6.07) is 10.7. The Morgan fingerprint density at radius 2 is 1.45 bits per heavy atom. The molecule has 0 atom stereocenters. The molecule has 180 valence electrons. The number of benzene rings is 2. The molecule has 0 saturated carbocycles. The molecule has 0 radical (unpaired) electrons. The molecule has 1 N–H and O–H groups in total. The van der Waals surface area contributed by atoms with Gasteiger partial charge in [0.1, 0.15) is 16.4 Å². The van der Waals surface area contributed by atoms with Gasteiger partial charge in [0.2, 0.25) is 10.0 Å². The van der Waals surface area contributed by atoms with Crippen LogP contribution in [0.5, 0.6) is 11.5 Å². The van der Waals surface area contributed by atoms with Crippen LogP contribution in [0.1, 0.15) is 52.7 Å². The summed E-state index contributed by atoms with van der Waals surface area (Å²) in [7, 11) is -2.50. The Bertz CT molecular complexity index is 1110. The number of nitrogens with one attached hydrogen (secondary N) is 1. The van der Waals surface area contributed by atoms with E-state index in [-0.39, 0.29) is 27.2 Å². The maximum absolute atomic E-state index is 13.5. The lowest BCUT2D eigenvalue weighted by molar-refractivity contribution is -0.428. The van der Waals surface area contributed by atoms with Gasteiger partial charge in [-0.15, -0.1) is 0 Å². The molecule has 2 aromatic carbocycles. The minimum Gasteiger partial charge on any atom is -0.456 e. The molecule has 7 nitrogen and oxygen atoms in total. The molecule has 8 heteroatoms. The Morgan fingerprint density at radius 1 is 0.909 bits per heavy atom. The number of piperazine rings is 1. The summed E-state index contributed by atoms with van der Waals surface area (Å²) in [5, 5.41) is 3.17. The zero-order chi connectivity index (χ0) is 24.6. The maximum Gasteiger partial charge on any atom is 0.257 e. The summed E-state index contributed by atoms with van der Waals surface area (Å²) in [5.74, 6) is 0.789. The number of hydrogen-bond acceptors (Lipinski definition) is 5. The second-order valence-corrected chi connectivity index (χ2v) is 12.5. The van der Waals surface area contributed by atoms with Crippen molar-refractivity contribution in [3.05, 3.63) is 52.4 Å². The zero-order valence-corrected chi connectivity index (χ0v) is 21.5. The number of ether oxygens (including phenoxy) is 1. The molecule has 33 heavy (non-hydrogen) atoms. The van der Waals surface area contributed by atoms with Crippen molar-refractivity contribution in [3.63, 3.8) is 0 Å². The van der Waals surface area contributed by atoms with E-state index in [0.29, 0.717) is 36.7 Å². The molecule has 3 rings (SSSR count). The topological polar surface area (TPSA) is 78.7 Å². The van der Waals surface area contributed by atoms with Crippen LogP contribution in [0.25, 0.3) is 0 Å². The first-order chi connectivity index (χ1) is 15.2. The van der Waals surface area contributed by atoms with E-state index < -0.39 is 10.0 Å². The monoisotopic (exact) mass is 474 g/mol. The van der Waals surface area contributed by atoms with E-state index in [1.54, 1.807) is 12.1 Å². The quantitative estimate of drug-likeness (QED) is 0.635. The predicted molar refractivity (Wildman–Crippen MR) is 131 cm³/mol. The highest BCUT2D eigenvalue weighted by Gasteiger charge is 2.31. The summed E-state index contributed by atoms with van der Waals surface area (Å²) < 4.78 is 35.4. The summed E-state index contributed by atoms with van der Waals surface area (Å²) in [6.45, 7) is 14.7. The van der Waals surface area contributed by atoms with E-state index in [1.807, 2.05) is 12.1 Å². The predicted octanol–water partition coefficient (Wildman–Crippen LogP) is 4.71. The summed E-state index contributed by atoms with van der Waals surface area (Å²) in [6.07, 6.45) is 0. The van der Waals surface area contributed by atoms with Gasteiger partial charge in [-0.25, -0.2) is 8.42 Å². The molecule has 0 aliphatic carbocycles. The molecule has 0 spiro atoms. The van der Waals surface area contributed by atoms with Gasteiger partial charge in [0.15, 0.2) is 7.05 Å². The molecule has 1 aliphatic rings. The first kappa shape index (κ1) is 25.3. The second kappa shape index (κ2) is 9.16. The van der Waals surface area contributed by atoms with Crippen molar-refractivity contribution in [1.29, 1.82) is 0 Å². The lowest BCUT2D eigenvalue weighted by atomic mass is 9.80. The van der Waals surface area contributed by atoms with Crippen LogP contribution in [-0.2, 0) is 20.9 Å². The number of nitroso groups, excluding NO2 is 1. The average molecular weight is 475 g/mol. The molecule has 1 saturated heterocycles. The Kier molecular flexibility index (Phi) is 7.03. The van der Waals surface area contributed by atoms with E-state index in [0.717, 1.165) is 11.1 Å². The van der Waals surface area contributed by atoms with Gasteiger partial charge in [-0.05, 0) is 40.2 Å². The average Bonchev–Trinajstić information content (AvgIpc) is 2.73. The van der Waals surface area contributed by atoms with Gasteiger partial charge in [-0.2, -0.15) is 4.31 Å². The van der Waals surface area contributed by atoms with Crippen molar-refractivity contribution >= 4 is 15.7 Å². The van der Waals surface area contributed by atoms with Gasteiger partial charge in [0.25, 0.3) is 5.69 Å². The van der Waals surface area contributed by atoms with Crippen LogP contribution in [0.4, 0.5) is 5.69 Å². The highest BCUT2D eigenvalue weighted by molar-refractivity contribution is 7.89. The van der Waals surface area contributed by atoms with Crippen molar-refractivity contribution in [2.24, 2.45) is 0 Å². The molecule has 1 heterocycles. The molecule has 1 aliphatic heterocycles. The lowest BCUT2D eigenvalue weighted by Crippen LogP contribution is -2.46. The van der Waals surface area contributed by atoms with E-state index >= 15 is 0 Å². The fourth-order valence-corrected chi connectivity index (χ4v) is 5.23. The number of nitrogens with zero attached hydrogens (tertiary/aromatic N) is 2. The van der Waals surface area contributed by atoms with Crippen LogP contribution in [0.2, 0.25) is 0 Å². The first-order valence-electron chi connectivity index (χ1n) is 11.3. The van der Waals surface area contributed by atoms with Crippen molar-refractivity contribution in [3.8, 4) is 11.5 Å². The minimum atomic E-state index is -3.84. The number of rotatable bonds is 5. The van der Waals surface area contributed by atoms with Crippen molar-refractivity contribution in [2.75, 3.05) is 33.2 Å². The summed E-state index contributed by atoms with van der Waals surface area (Å²) in [4.78, 5) is 11.9. The second-order valence-electron chi connectivity index (χ2n) is 10.6. The Labute approximate surface area is 197 Å².